The molecule has 108 valence electrons. The molecule has 0 spiro atoms. The number of likely N-dealkylation sites (N-methyl/N-ethyl adjacent to an activating group) is 1. The number of hydrogen-bond donors (Lipinski definition) is 2. The third-order valence-corrected chi connectivity index (χ3v) is 3.86. The van der Waals surface area contributed by atoms with Crippen LogP contribution in [-0.2, 0) is 0 Å². The summed E-state index contributed by atoms with van der Waals surface area (Å²) in [6, 6.07) is 1.34. The van der Waals surface area contributed by atoms with Crippen molar-refractivity contribution in [3.8, 4) is 0 Å². The summed E-state index contributed by atoms with van der Waals surface area (Å²) in [4.78, 5) is 2.65. The average Bonchev–Trinajstić information content (AvgIpc) is 3.09. The van der Waals surface area contributed by atoms with Crippen LogP contribution in [0.2, 0.25) is 0 Å². The molecule has 1 saturated carbocycles. The van der Waals surface area contributed by atoms with Crippen molar-refractivity contribution >= 4 is 0 Å². The van der Waals surface area contributed by atoms with Gasteiger partial charge in [0, 0.05) is 24.2 Å². The van der Waals surface area contributed by atoms with E-state index in [0.717, 1.165) is 19.0 Å². The molecule has 0 aromatic heterocycles. The summed E-state index contributed by atoms with van der Waals surface area (Å²) < 4.78 is 0. The molecular weight excluding hydrogens is 224 g/mol. The van der Waals surface area contributed by atoms with E-state index in [1.165, 1.54) is 19.4 Å². The Kier molecular flexibility index (Phi) is 6.09. The van der Waals surface area contributed by atoms with Gasteiger partial charge in [-0.3, -0.25) is 4.90 Å². The SMILES string of the molecule is CCNC(C)(CO)CC(C)N(CC(C)C)C1CC1. The van der Waals surface area contributed by atoms with Gasteiger partial charge in [-0.15, -0.1) is 0 Å². The van der Waals surface area contributed by atoms with E-state index in [1.807, 2.05) is 0 Å². The zero-order valence-electron chi connectivity index (χ0n) is 12.9. The maximum absolute atomic E-state index is 9.60. The van der Waals surface area contributed by atoms with Gasteiger partial charge in [0.1, 0.15) is 0 Å². The van der Waals surface area contributed by atoms with Crippen LogP contribution in [0.1, 0.15) is 53.9 Å². The van der Waals surface area contributed by atoms with Crippen molar-refractivity contribution in [2.24, 2.45) is 5.92 Å². The highest BCUT2D eigenvalue weighted by Gasteiger charge is 2.35. The molecule has 0 saturated heterocycles. The molecule has 0 aliphatic heterocycles. The van der Waals surface area contributed by atoms with Gasteiger partial charge in [0.05, 0.1) is 6.61 Å². The Bertz CT molecular complexity index is 241. The predicted molar refractivity (Wildman–Crippen MR) is 77.8 cm³/mol. The van der Waals surface area contributed by atoms with E-state index < -0.39 is 0 Å². The van der Waals surface area contributed by atoms with E-state index in [1.54, 1.807) is 0 Å². The maximum atomic E-state index is 9.60. The topological polar surface area (TPSA) is 35.5 Å². The fraction of sp³-hybridized carbons (Fsp3) is 1.00. The van der Waals surface area contributed by atoms with Gasteiger partial charge in [0.2, 0.25) is 0 Å². The summed E-state index contributed by atoms with van der Waals surface area (Å²) >= 11 is 0. The average molecular weight is 256 g/mol. The molecule has 1 aliphatic rings. The number of aliphatic hydroxyl groups excluding tert-OH is 1. The largest absolute Gasteiger partial charge is 0.394 e. The Morgan fingerprint density at radius 2 is 1.94 bits per heavy atom. The van der Waals surface area contributed by atoms with Crippen LogP contribution in [0.5, 0.6) is 0 Å². The minimum absolute atomic E-state index is 0.141. The van der Waals surface area contributed by atoms with Crippen LogP contribution in [0.3, 0.4) is 0 Å². The van der Waals surface area contributed by atoms with Gasteiger partial charge >= 0.3 is 0 Å². The van der Waals surface area contributed by atoms with Crippen LogP contribution >= 0.6 is 0 Å². The van der Waals surface area contributed by atoms with Crippen molar-refractivity contribution in [2.75, 3.05) is 19.7 Å². The first kappa shape index (κ1) is 15.9. The second kappa shape index (κ2) is 6.88. The first-order valence-corrected chi connectivity index (χ1v) is 7.53. The molecule has 0 heterocycles. The monoisotopic (exact) mass is 256 g/mol. The van der Waals surface area contributed by atoms with E-state index in [0.29, 0.717) is 12.0 Å². The molecule has 18 heavy (non-hydrogen) atoms. The Hall–Kier alpha value is -0.120. The van der Waals surface area contributed by atoms with Crippen LogP contribution in [-0.4, -0.2) is 47.3 Å². The third-order valence-electron chi connectivity index (χ3n) is 3.86. The molecule has 1 fully saturated rings. The zero-order valence-corrected chi connectivity index (χ0v) is 12.9. The summed E-state index contributed by atoms with van der Waals surface area (Å²) in [7, 11) is 0. The lowest BCUT2D eigenvalue weighted by atomic mass is 9.93. The molecule has 3 heteroatoms. The molecule has 2 unspecified atom stereocenters. The molecule has 2 N–H and O–H groups in total. The lowest BCUT2D eigenvalue weighted by Gasteiger charge is -2.37. The van der Waals surface area contributed by atoms with Gasteiger partial charge in [-0.2, -0.15) is 0 Å². The van der Waals surface area contributed by atoms with Crippen LogP contribution in [0.4, 0.5) is 0 Å². The normalized spacial score (nSPS) is 21.3. The van der Waals surface area contributed by atoms with Crippen molar-refractivity contribution < 1.29 is 5.11 Å². The molecule has 0 amide bonds. The maximum Gasteiger partial charge on any atom is 0.0611 e. The van der Waals surface area contributed by atoms with Gasteiger partial charge in [-0.05, 0) is 45.6 Å². The van der Waals surface area contributed by atoms with Gasteiger partial charge < -0.3 is 10.4 Å². The molecule has 0 aromatic carbocycles. The quantitative estimate of drug-likeness (QED) is 0.664. The molecule has 0 bridgehead atoms. The number of nitrogens with zero attached hydrogens (tertiary/aromatic N) is 1. The molecule has 1 rings (SSSR count). The minimum atomic E-state index is -0.141. The molecule has 0 aromatic rings. The Morgan fingerprint density at radius 3 is 2.33 bits per heavy atom. The smallest absolute Gasteiger partial charge is 0.0611 e. The molecule has 3 nitrogen and oxygen atoms in total. The zero-order chi connectivity index (χ0) is 13.8. The van der Waals surface area contributed by atoms with Gasteiger partial charge in [-0.1, -0.05) is 20.8 Å². The van der Waals surface area contributed by atoms with Gasteiger partial charge in [-0.25, -0.2) is 0 Å². The molecular formula is C15H32N2O. The Balaban J connectivity index is 2.56. The van der Waals surface area contributed by atoms with Crippen LogP contribution in [0.25, 0.3) is 0 Å². The second-order valence-electron chi connectivity index (χ2n) is 6.62. The van der Waals surface area contributed by atoms with Crippen LogP contribution < -0.4 is 5.32 Å². The van der Waals surface area contributed by atoms with Crippen molar-refractivity contribution in [1.82, 2.24) is 10.2 Å². The Morgan fingerprint density at radius 1 is 1.33 bits per heavy atom. The van der Waals surface area contributed by atoms with Crippen molar-refractivity contribution in [3.63, 3.8) is 0 Å². The molecule has 1 aliphatic carbocycles. The van der Waals surface area contributed by atoms with Crippen LogP contribution in [0.15, 0.2) is 0 Å². The van der Waals surface area contributed by atoms with E-state index in [4.69, 9.17) is 0 Å². The fourth-order valence-corrected chi connectivity index (χ4v) is 2.91. The second-order valence-corrected chi connectivity index (χ2v) is 6.62. The highest BCUT2D eigenvalue weighted by atomic mass is 16.3. The van der Waals surface area contributed by atoms with E-state index >= 15 is 0 Å². The summed E-state index contributed by atoms with van der Waals surface area (Å²) in [6.45, 7) is 13.4. The summed E-state index contributed by atoms with van der Waals surface area (Å²) in [5.74, 6) is 0.715. The fourth-order valence-electron chi connectivity index (χ4n) is 2.91. The van der Waals surface area contributed by atoms with Gasteiger partial charge in [0.25, 0.3) is 0 Å². The van der Waals surface area contributed by atoms with E-state index in [2.05, 4.69) is 44.8 Å². The van der Waals surface area contributed by atoms with Gasteiger partial charge in [0.15, 0.2) is 0 Å². The highest BCUT2D eigenvalue weighted by molar-refractivity contribution is 4.92. The lowest BCUT2D eigenvalue weighted by Crippen LogP contribution is -2.51. The third kappa shape index (κ3) is 4.87. The number of hydrogen-bond acceptors (Lipinski definition) is 3. The first-order chi connectivity index (χ1) is 8.41. The number of rotatable bonds is 9. The standard InChI is InChI=1S/C15H32N2O/c1-6-16-15(5,11-18)9-13(4)17(10-12(2)3)14-7-8-14/h12-14,16,18H,6-11H2,1-5H3. The summed E-state index contributed by atoms with van der Waals surface area (Å²) in [5, 5.41) is 13.0. The number of nitrogens with one attached hydrogen (secondary N) is 1. The van der Waals surface area contributed by atoms with Crippen molar-refractivity contribution in [2.45, 2.75) is 71.5 Å². The summed E-state index contributed by atoms with van der Waals surface area (Å²) in [6.07, 6.45) is 3.72. The van der Waals surface area contributed by atoms with E-state index in [9.17, 15) is 5.11 Å². The van der Waals surface area contributed by atoms with Crippen molar-refractivity contribution in [3.05, 3.63) is 0 Å². The number of aliphatic hydroxyl groups is 1. The summed E-state index contributed by atoms with van der Waals surface area (Å²) in [5.41, 5.74) is -0.141. The lowest BCUT2D eigenvalue weighted by molar-refractivity contribution is 0.104. The predicted octanol–water partition coefficient (Wildman–Crippen LogP) is 2.25. The highest BCUT2D eigenvalue weighted by Crippen LogP contribution is 2.31. The van der Waals surface area contributed by atoms with Crippen LogP contribution in [0, 0.1) is 5.92 Å². The van der Waals surface area contributed by atoms with E-state index in [-0.39, 0.29) is 12.1 Å². The first-order valence-electron chi connectivity index (χ1n) is 7.53. The minimum Gasteiger partial charge on any atom is -0.394 e. The molecule has 2 atom stereocenters. The Labute approximate surface area is 113 Å². The molecule has 0 radical (unpaired) electrons. The van der Waals surface area contributed by atoms with Crippen molar-refractivity contribution in [1.29, 1.82) is 0 Å².